The molecule has 0 aliphatic carbocycles. The third kappa shape index (κ3) is 6.73. The second-order valence-electron chi connectivity index (χ2n) is 9.83. The summed E-state index contributed by atoms with van der Waals surface area (Å²) in [4.78, 5) is 27.8. The minimum atomic E-state index is 0.0659. The number of pyridine rings is 1. The quantitative estimate of drug-likeness (QED) is 0.372. The van der Waals surface area contributed by atoms with Crippen LogP contribution in [-0.2, 0) is 16.0 Å². The summed E-state index contributed by atoms with van der Waals surface area (Å²) in [6.45, 7) is 7.25. The van der Waals surface area contributed by atoms with Crippen molar-refractivity contribution in [3.8, 4) is 0 Å². The van der Waals surface area contributed by atoms with Crippen molar-refractivity contribution in [2.75, 3.05) is 44.3 Å². The molecule has 1 aromatic carbocycles. The monoisotopic (exact) mass is 561 g/mol. The van der Waals surface area contributed by atoms with E-state index in [2.05, 4.69) is 28.1 Å². The van der Waals surface area contributed by atoms with Crippen molar-refractivity contribution in [2.24, 2.45) is 0 Å². The largest absolute Gasteiger partial charge is 0.378 e. The van der Waals surface area contributed by atoms with E-state index in [-0.39, 0.29) is 11.9 Å². The van der Waals surface area contributed by atoms with Crippen LogP contribution >= 0.6 is 34.5 Å². The highest BCUT2D eigenvalue weighted by atomic mass is 35.5. The minimum absolute atomic E-state index is 0.0659. The lowest BCUT2D eigenvalue weighted by Gasteiger charge is -2.27. The summed E-state index contributed by atoms with van der Waals surface area (Å²) in [7, 11) is 0. The van der Waals surface area contributed by atoms with Crippen molar-refractivity contribution >= 4 is 56.6 Å². The Bertz CT molecular complexity index is 1230. The van der Waals surface area contributed by atoms with Gasteiger partial charge < -0.3 is 15.0 Å². The fourth-order valence-corrected chi connectivity index (χ4v) is 6.35. The number of carbonyl (C=O) groups is 1. The van der Waals surface area contributed by atoms with E-state index in [4.69, 9.17) is 37.9 Å². The lowest BCUT2D eigenvalue weighted by Crippen LogP contribution is -2.36. The SMILES string of the molecule is CC(CCN1CCCC1c1ccc(Cl)c(Cl)c1)NC(=O)CCc1nc2ccc(N3CCOCC3)nc2s1. The van der Waals surface area contributed by atoms with Gasteiger partial charge in [-0.3, -0.25) is 9.69 Å². The third-order valence-electron chi connectivity index (χ3n) is 7.13. The van der Waals surface area contributed by atoms with Crippen LogP contribution in [0.4, 0.5) is 5.82 Å². The highest BCUT2D eigenvalue weighted by Crippen LogP contribution is 2.35. The molecule has 7 nitrogen and oxygen atoms in total. The lowest BCUT2D eigenvalue weighted by molar-refractivity contribution is -0.121. The normalized spacial score (nSPS) is 19.4. The topological polar surface area (TPSA) is 70.6 Å². The number of morpholine rings is 1. The number of nitrogens with one attached hydrogen (secondary N) is 1. The highest BCUT2D eigenvalue weighted by molar-refractivity contribution is 7.18. The Labute approximate surface area is 232 Å². The Balaban J connectivity index is 1.08. The maximum absolute atomic E-state index is 12.6. The molecule has 0 spiro atoms. The smallest absolute Gasteiger partial charge is 0.220 e. The van der Waals surface area contributed by atoms with Crippen molar-refractivity contribution in [3.63, 3.8) is 0 Å². The van der Waals surface area contributed by atoms with E-state index in [1.807, 2.05) is 24.3 Å². The fraction of sp³-hybridized carbons (Fsp3) is 0.519. The predicted octanol–water partition coefficient (Wildman–Crippen LogP) is 5.50. The zero-order chi connectivity index (χ0) is 25.8. The van der Waals surface area contributed by atoms with Crippen LogP contribution < -0.4 is 10.2 Å². The average Bonchev–Trinajstić information content (AvgIpc) is 3.54. The molecule has 10 heteroatoms. The van der Waals surface area contributed by atoms with Crippen LogP contribution in [0.2, 0.25) is 10.0 Å². The maximum atomic E-state index is 12.6. The molecule has 2 aliphatic rings. The standard InChI is InChI=1S/C27H33Cl2N5O2S/c1-18(10-12-33-11-2-3-23(33)19-4-5-20(28)21(29)17-19)30-25(35)8-9-26-31-22-6-7-24(32-27(22)37-26)34-13-15-36-16-14-34/h4-7,17-18,23H,2-3,8-16H2,1H3,(H,30,35). The first-order valence-corrected chi connectivity index (χ1v) is 14.6. The molecule has 2 atom stereocenters. The van der Waals surface area contributed by atoms with Crippen molar-refractivity contribution in [1.29, 1.82) is 0 Å². The van der Waals surface area contributed by atoms with Gasteiger partial charge in [-0.05, 0) is 62.6 Å². The first kappa shape index (κ1) is 26.6. The second-order valence-corrected chi connectivity index (χ2v) is 11.7. The van der Waals surface area contributed by atoms with Gasteiger partial charge in [-0.25, -0.2) is 9.97 Å². The van der Waals surface area contributed by atoms with Gasteiger partial charge in [0.05, 0.1) is 28.3 Å². The summed E-state index contributed by atoms with van der Waals surface area (Å²) in [5.74, 6) is 1.04. The third-order valence-corrected chi connectivity index (χ3v) is 8.90. The van der Waals surface area contributed by atoms with E-state index in [9.17, 15) is 4.79 Å². The first-order valence-electron chi connectivity index (χ1n) is 13.0. The molecule has 0 radical (unpaired) electrons. The van der Waals surface area contributed by atoms with Crippen LogP contribution in [0.1, 0.15) is 49.2 Å². The molecule has 1 N–H and O–H groups in total. The molecule has 5 rings (SSSR count). The van der Waals surface area contributed by atoms with Gasteiger partial charge in [0, 0.05) is 44.6 Å². The number of aryl methyl sites for hydroxylation is 1. The summed E-state index contributed by atoms with van der Waals surface area (Å²) in [5.41, 5.74) is 2.11. The number of amides is 1. The number of benzene rings is 1. The number of halogens is 2. The van der Waals surface area contributed by atoms with Gasteiger partial charge in [0.1, 0.15) is 16.2 Å². The Morgan fingerprint density at radius 3 is 2.81 bits per heavy atom. The van der Waals surface area contributed by atoms with Crippen molar-refractivity contribution in [1.82, 2.24) is 20.2 Å². The van der Waals surface area contributed by atoms with Gasteiger partial charge in [-0.15, -0.1) is 0 Å². The molecule has 2 aromatic heterocycles. The van der Waals surface area contributed by atoms with E-state index in [1.165, 1.54) is 5.56 Å². The molecule has 0 saturated carbocycles. The number of hydrogen-bond donors (Lipinski definition) is 1. The van der Waals surface area contributed by atoms with E-state index in [0.717, 1.165) is 79.8 Å². The van der Waals surface area contributed by atoms with Crippen molar-refractivity contribution < 1.29 is 9.53 Å². The number of anilines is 1. The Kier molecular flexibility index (Phi) is 8.82. The number of ether oxygens (including phenoxy) is 1. The van der Waals surface area contributed by atoms with Gasteiger partial charge in [0.25, 0.3) is 0 Å². The molecule has 1 amide bonds. The number of nitrogens with zero attached hydrogens (tertiary/aromatic N) is 4. The van der Waals surface area contributed by atoms with Crippen LogP contribution in [0.3, 0.4) is 0 Å². The number of carbonyl (C=O) groups excluding carboxylic acids is 1. The highest BCUT2D eigenvalue weighted by Gasteiger charge is 2.26. The van der Waals surface area contributed by atoms with E-state index in [0.29, 0.717) is 28.9 Å². The zero-order valence-electron chi connectivity index (χ0n) is 21.1. The molecule has 0 bridgehead atoms. The van der Waals surface area contributed by atoms with E-state index >= 15 is 0 Å². The predicted molar refractivity (Wildman–Crippen MR) is 151 cm³/mol. The minimum Gasteiger partial charge on any atom is -0.378 e. The Hall–Kier alpha value is -1.97. The number of hydrogen-bond acceptors (Lipinski definition) is 7. The molecule has 3 aromatic rings. The zero-order valence-corrected chi connectivity index (χ0v) is 23.4. The molecular formula is C27H33Cl2N5O2S. The molecule has 2 saturated heterocycles. The number of likely N-dealkylation sites (tertiary alicyclic amines) is 1. The van der Waals surface area contributed by atoms with Crippen LogP contribution in [0.15, 0.2) is 30.3 Å². The average molecular weight is 563 g/mol. The van der Waals surface area contributed by atoms with Crippen LogP contribution in [-0.4, -0.2) is 66.2 Å². The molecule has 4 heterocycles. The Morgan fingerprint density at radius 1 is 1.16 bits per heavy atom. The van der Waals surface area contributed by atoms with E-state index < -0.39 is 0 Å². The number of rotatable bonds is 9. The van der Waals surface area contributed by atoms with Crippen molar-refractivity contribution in [3.05, 3.63) is 50.9 Å². The molecule has 2 fully saturated rings. The molecule has 2 aliphatic heterocycles. The van der Waals surface area contributed by atoms with Crippen LogP contribution in [0.25, 0.3) is 10.3 Å². The maximum Gasteiger partial charge on any atom is 0.220 e. The van der Waals surface area contributed by atoms with Crippen LogP contribution in [0, 0.1) is 0 Å². The van der Waals surface area contributed by atoms with Crippen molar-refractivity contribution in [2.45, 2.75) is 51.1 Å². The summed E-state index contributed by atoms with van der Waals surface area (Å²) in [6.07, 6.45) is 4.23. The van der Waals surface area contributed by atoms with Gasteiger partial charge >= 0.3 is 0 Å². The van der Waals surface area contributed by atoms with Crippen LogP contribution in [0.5, 0.6) is 0 Å². The molecule has 37 heavy (non-hydrogen) atoms. The molecule has 2 unspecified atom stereocenters. The van der Waals surface area contributed by atoms with Gasteiger partial charge in [0.15, 0.2) is 0 Å². The summed E-state index contributed by atoms with van der Waals surface area (Å²) in [5, 5.41) is 5.31. The summed E-state index contributed by atoms with van der Waals surface area (Å²) < 4.78 is 5.44. The Morgan fingerprint density at radius 2 is 2.00 bits per heavy atom. The lowest BCUT2D eigenvalue weighted by atomic mass is 10.0. The summed E-state index contributed by atoms with van der Waals surface area (Å²) >= 11 is 13.9. The molecule has 198 valence electrons. The molecular weight excluding hydrogens is 529 g/mol. The second kappa shape index (κ2) is 12.3. The number of aromatic nitrogens is 2. The fourth-order valence-electron chi connectivity index (χ4n) is 5.12. The van der Waals surface area contributed by atoms with E-state index in [1.54, 1.807) is 11.3 Å². The first-order chi connectivity index (χ1) is 18.0. The van der Waals surface area contributed by atoms with Gasteiger partial charge in [-0.1, -0.05) is 40.6 Å². The van der Waals surface area contributed by atoms with Gasteiger partial charge in [0.2, 0.25) is 5.91 Å². The van der Waals surface area contributed by atoms with Gasteiger partial charge in [-0.2, -0.15) is 0 Å². The number of fused-ring (bicyclic) bond motifs is 1. The number of thiazole rings is 1. The summed E-state index contributed by atoms with van der Waals surface area (Å²) in [6, 6.07) is 10.5.